The molecule has 2 atom stereocenters. The molecule has 0 aliphatic carbocycles. The first-order chi connectivity index (χ1) is 15.6. The summed E-state index contributed by atoms with van der Waals surface area (Å²) >= 11 is 0. The fraction of sp³-hybridized carbons (Fsp3) is 0.875. The molecule has 8 nitrogen and oxygen atoms in total. The van der Waals surface area contributed by atoms with Gasteiger partial charge in [-0.3, -0.25) is 9.59 Å². The van der Waals surface area contributed by atoms with Crippen molar-refractivity contribution in [3.8, 4) is 0 Å². The van der Waals surface area contributed by atoms with Gasteiger partial charge >= 0.3 is 5.97 Å². The Morgan fingerprint density at radius 1 is 0.938 bits per heavy atom. The third-order valence-corrected chi connectivity index (χ3v) is 5.39. The van der Waals surface area contributed by atoms with Crippen molar-refractivity contribution in [1.29, 1.82) is 0 Å². The van der Waals surface area contributed by atoms with E-state index in [0.29, 0.717) is 19.6 Å². The van der Waals surface area contributed by atoms with Gasteiger partial charge in [0, 0.05) is 12.5 Å². The number of nitrogens with one attached hydrogen (secondary N) is 1. The summed E-state index contributed by atoms with van der Waals surface area (Å²) in [5, 5.41) is 0. The summed E-state index contributed by atoms with van der Waals surface area (Å²) in [4.78, 5) is 35.1. The molecule has 0 amide bonds. The summed E-state index contributed by atoms with van der Waals surface area (Å²) in [6.45, 7) is 3.20. The van der Waals surface area contributed by atoms with Crippen molar-refractivity contribution in [1.82, 2.24) is 5.43 Å². The van der Waals surface area contributed by atoms with Gasteiger partial charge in [-0.25, -0.2) is 0 Å². The molecule has 3 N–H and O–H groups in total. The molecule has 0 fully saturated rings. The van der Waals surface area contributed by atoms with Crippen molar-refractivity contribution in [3.05, 3.63) is 5.43 Å². The van der Waals surface area contributed by atoms with Gasteiger partial charge < -0.3 is 30.9 Å². The molecule has 0 saturated heterocycles. The minimum atomic E-state index is -0.859. The van der Waals surface area contributed by atoms with Gasteiger partial charge in [-0.05, 0) is 38.3 Å². The molecule has 32 heavy (non-hydrogen) atoms. The molecule has 0 aliphatic heterocycles. The third-order valence-electron chi connectivity index (χ3n) is 5.39. The second-order valence-corrected chi connectivity index (χ2v) is 8.27. The Morgan fingerprint density at radius 3 is 2.12 bits per heavy atom. The van der Waals surface area contributed by atoms with Crippen molar-refractivity contribution in [2.45, 2.75) is 115 Å². The number of aldehydes is 1. The summed E-state index contributed by atoms with van der Waals surface area (Å²) < 4.78 is 10.0. The molecule has 0 radical (unpaired) electrons. The zero-order valence-electron chi connectivity index (χ0n) is 20.3. The Bertz CT molecular complexity index is 477. The van der Waals surface area contributed by atoms with Gasteiger partial charge in [0.05, 0.1) is 13.7 Å². The number of rotatable bonds is 23. The summed E-state index contributed by atoms with van der Waals surface area (Å²) in [5.41, 5.74) is 12.3. The summed E-state index contributed by atoms with van der Waals surface area (Å²) in [7, 11) is 1.27. The van der Waals surface area contributed by atoms with Crippen LogP contribution in [-0.2, 0) is 23.9 Å². The van der Waals surface area contributed by atoms with Gasteiger partial charge in [0.1, 0.15) is 6.29 Å². The average molecular weight is 457 g/mol. The molecule has 188 valence electrons. The highest BCUT2D eigenvalue weighted by Crippen LogP contribution is 2.12. The van der Waals surface area contributed by atoms with E-state index in [-0.39, 0.29) is 18.8 Å². The Hall–Kier alpha value is -1.51. The van der Waals surface area contributed by atoms with E-state index in [9.17, 15) is 14.4 Å². The highest BCUT2D eigenvalue weighted by Gasteiger charge is 2.14. The van der Waals surface area contributed by atoms with Crippen LogP contribution in [-0.4, -0.2) is 50.6 Å². The molecule has 0 rings (SSSR count). The number of nitrogens with zero attached hydrogens (tertiary/aromatic N) is 1. The van der Waals surface area contributed by atoms with E-state index in [4.69, 9.17) is 15.2 Å². The fourth-order valence-electron chi connectivity index (χ4n) is 3.33. The standard InChI is InChI=1S/C24H46N3O5/c1-3-4-5-6-7-8-9-10-11-14-19-32-23(29)17-16-22(24(30)31-2)27-26-21(20-28)15-12-13-18-25/h20-22,26H,3-19,25H2,1-2H3/q-1/t21-,22?/m1/s1. The zero-order chi connectivity index (χ0) is 23.9. The van der Waals surface area contributed by atoms with Crippen molar-refractivity contribution < 1.29 is 23.9 Å². The van der Waals surface area contributed by atoms with Crippen LogP contribution in [0.3, 0.4) is 0 Å². The minimum Gasteiger partial charge on any atom is -0.585 e. The minimum absolute atomic E-state index is 0.0711. The number of esters is 2. The molecular formula is C24H46N3O5-. The van der Waals surface area contributed by atoms with Crippen molar-refractivity contribution in [2.75, 3.05) is 20.3 Å². The molecule has 0 saturated carbocycles. The summed E-state index contributed by atoms with van der Waals surface area (Å²) in [5.74, 6) is -0.897. The molecule has 0 aliphatic rings. The predicted molar refractivity (Wildman–Crippen MR) is 127 cm³/mol. The van der Waals surface area contributed by atoms with Crippen molar-refractivity contribution >= 4 is 18.2 Å². The lowest BCUT2D eigenvalue weighted by Gasteiger charge is -2.33. The molecule has 0 aromatic heterocycles. The monoisotopic (exact) mass is 456 g/mol. The van der Waals surface area contributed by atoms with Crippen LogP contribution >= 0.6 is 0 Å². The van der Waals surface area contributed by atoms with Crippen molar-refractivity contribution in [2.24, 2.45) is 5.73 Å². The Morgan fingerprint density at radius 2 is 1.56 bits per heavy atom. The van der Waals surface area contributed by atoms with E-state index in [1.807, 2.05) is 0 Å². The van der Waals surface area contributed by atoms with Crippen LogP contribution in [0.25, 0.3) is 5.43 Å². The maximum atomic E-state index is 12.0. The lowest BCUT2D eigenvalue weighted by molar-refractivity contribution is -0.145. The van der Waals surface area contributed by atoms with Gasteiger partial charge in [0.2, 0.25) is 0 Å². The van der Waals surface area contributed by atoms with Gasteiger partial charge in [0.25, 0.3) is 5.97 Å². The number of hydrogen-bond donors (Lipinski definition) is 2. The lowest BCUT2D eigenvalue weighted by atomic mass is 10.1. The van der Waals surface area contributed by atoms with E-state index in [0.717, 1.165) is 32.0 Å². The fourth-order valence-corrected chi connectivity index (χ4v) is 3.33. The van der Waals surface area contributed by atoms with Gasteiger partial charge in [0.15, 0.2) is 0 Å². The second-order valence-electron chi connectivity index (χ2n) is 8.27. The van der Waals surface area contributed by atoms with E-state index in [1.54, 1.807) is 0 Å². The number of nitrogens with two attached hydrogens (primary N) is 1. The molecule has 0 aromatic carbocycles. The van der Waals surface area contributed by atoms with Gasteiger partial charge in [-0.1, -0.05) is 71.1 Å². The number of carbonyl (C=O) groups is 3. The summed E-state index contributed by atoms with van der Waals surface area (Å²) in [6.07, 6.45) is 15.4. The molecule has 0 heterocycles. The van der Waals surface area contributed by atoms with Gasteiger partial charge in [-0.15, -0.1) is 0 Å². The number of hydrogen-bond acceptors (Lipinski definition) is 7. The maximum Gasteiger partial charge on any atom is 0.305 e. The zero-order valence-corrected chi connectivity index (χ0v) is 20.3. The van der Waals surface area contributed by atoms with E-state index < -0.39 is 18.1 Å². The first kappa shape index (κ1) is 30.5. The third kappa shape index (κ3) is 18.1. The van der Waals surface area contributed by atoms with Crippen molar-refractivity contribution in [3.63, 3.8) is 0 Å². The van der Waals surface area contributed by atoms with Crippen LogP contribution < -0.4 is 11.2 Å². The van der Waals surface area contributed by atoms with Crippen LogP contribution in [0, 0.1) is 0 Å². The molecule has 8 heteroatoms. The first-order valence-electron chi connectivity index (χ1n) is 12.4. The van der Waals surface area contributed by atoms with Crippen LogP contribution in [0.5, 0.6) is 0 Å². The predicted octanol–water partition coefficient (Wildman–Crippen LogP) is 4.35. The number of methoxy groups -OCH3 is 1. The van der Waals surface area contributed by atoms with E-state index >= 15 is 0 Å². The van der Waals surface area contributed by atoms with E-state index in [1.165, 1.54) is 58.5 Å². The van der Waals surface area contributed by atoms with Crippen LogP contribution in [0.4, 0.5) is 0 Å². The highest BCUT2D eigenvalue weighted by molar-refractivity contribution is 5.79. The van der Waals surface area contributed by atoms with Gasteiger partial charge in [-0.2, -0.15) is 0 Å². The Kier molecular flexibility index (Phi) is 21.6. The van der Waals surface area contributed by atoms with Crippen LogP contribution in [0.15, 0.2) is 0 Å². The molecular weight excluding hydrogens is 410 g/mol. The average Bonchev–Trinajstić information content (AvgIpc) is 2.80. The largest absolute Gasteiger partial charge is 0.585 e. The topological polar surface area (TPSA) is 122 Å². The first-order valence-corrected chi connectivity index (χ1v) is 12.4. The second kappa shape index (κ2) is 22.7. The number of carbonyl (C=O) groups excluding carboxylic acids is 3. The smallest absolute Gasteiger partial charge is 0.305 e. The summed E-state index contributed by atoms with van der Waals surface area (Å²) in [6, 6.07) is -1.35. The van der Waals surface area contributed by atoms with E-state index in [2.05, 4.69) is 17.8 Å². The Labute approximate surface area is 194 Å². The number of unbranched alkanes of at least 4 members (excludes halogenated alkanes) is 10. The quantitative estimate of drug-likeness (QED) is 0.101. The number of ether oxygens (including phenoxy) is 2. The molecule has 0 bridgehead atoms. The van der Waals surface area contributed by atoms with Crippen LogP contribution in [0.1, 0.15) is 103 Å². The lowest BCUT2D eigenvalue weighted by Crippen LogP contribution is -2.34. The maximum absolute atomic E-state index is 12.0. The highest BCUT2D eigenvalue weighted by atomic mass is 16.5. The molecule has 0 spiro atoms. The SMILES string of the molecule is CCCCCCCCCCCCOC(=O)CCC([N-]N[C@@H](C=O)CCCCN)C(=O)OC. The molecule has 0 aromatic rings. The molecule has 1 unspecified atom stereocenters. The Balaban J connectivity index is 3.93. The normalized spacial score (nSPS) is 12.8. The van der Waals surface area contributed by atoms with Crippen LogP contribution in [0.2, 0.25) is 0 Å².